The number of benzene rings is 1. The number of hydrogen-bond donors (Lipinski definition) is 1. The quantitative estimate of drug-likeness (QED) is 0.830. The molecule has 1 aromatic carbocycles. The van der Waals surface area contributed by atoms with Crippen molar-refractivity contribution in [1.29, 1.82) is 0 Å². The van der Waals surface area contributed by atoms with Crippen LogP contribution in [0.1, 0.15) is 18.4 Å². The van der Waals surface area contributed by atoms with E-state index in [1.807, 2.05) is 0 Å². The second kappa shape index (κ2) is 4.80. The van der Waals surface area contributed by atoms with Crippen LogP contribution in [-0.4, -0.2) is 31.1 Å². The Hall–Kier alpha value is -1.07. The molecule has 0 aromatic heterocycles. The van der Waals surface area contributed by atoms with E-state index in [2.05, 4.69) is 10.2 Å². The molecule has 0 amide bonds. The lowest BCUT2D eigenvalue weighted by atomic mass is 9.86. The summed E-state index contributed by atoms with van der Waals surface area (Å²) < 4.78 is 39.7. The van der Waals surface area contributed by atoms with Crippen LogP contribution in [0.15, 0.2) is 12.1 Å². The zero-order chi connectivity index (χ0) is 13.5. The van der Waals surface area contributed by atoms with Gasteiger partial charge in [0.05, 0.1) is 0 Å². The number of likely N-dealkylation sites (tertiary alicyclic amines) is 1. The standard InChI is InChI=1S/C14H17F3N2/c15-11-2-1-10(12(16)13(11)17)7-19-6-4-14(9-19)3-5-18-8-14/h1-2,18H,3-9H2. The van der Waals surface area contributed by atoms with Crippen LogP contribution in [0.5, 0.6) is 0 Å². The third kappa shape index (κ3) is 2.37. The van der Waals surface area contributed by atoms with Crippen LogP contribution < -0.4 is 5.32 Å². The van der Waals surface area contributed by atoms with Crippen LogP contribution in [0.25, 0.3) is 0 Å². The molecule has 104 valence electrons. The first-order valence-corrected chi connectivity index (χ1v) is 6.65. The molecule has 5 heteroatoms. The number of nitrogens with one attached hydrogen (secondary N) is 1. The monoisotopic (exact) mass is 270 g/mol. The molecule has 1 N–H and O–H groups in total. The van der Waals surface area contributed by atoms with Crippen molar-refractivity contribution in [3.05, 3.63) is 35.1 Å². The molecule has 0 radical (unpaired) electrons. The zero-order valence-electron chi connectivity index (χ0n) is 10.7. The molecule has 1 unspecified atom stereocenters. The SMILES string of the molecule is Fc1ccc(CN2CCC3(CCNC3)C2)c(F)c1F. The minimum atomic E-state index is -1.37. The van der Waals surface area contributed by atoms with Crippen LogP contribution in [0.3, 0.4) is 0 Å². The maximum absolute atomic E-state index is 13.6. The van der Waals surface area contributed by atoms with E-state index in [9.17, 15) is 13.2 Å². The maximum Gasteiger partial charge on any atom is 0.194 e. The summed E-state index contributed by atoms with van der Waals surface area (Å²) in [6.07, 6.45) is 2.23. The van der Waals surface area contributed by atoms with E-state index in [1.165, 1.54) is 6.07 Å². The number of nitrogens with zero attached hydrogens (tertiary/aromatic N) is 1. The van der Waals surface area contributed by atoms with E-state index in [0.29, 0.717) is 12.0 Å². The first-order valence-electron chi connectivity index (χ1n) is 6.65. The molecule has 2 nitrogen and oxygen atoms in total. The van der Waals surface area contributed by atoms with Crippen molar-refractivity contribution >= 4 is 0 Å². The topological polar surface area (TPSA) is 15.3 Å². The molecule has 1 aromatic rings. The summed E-state index contributed by atoms with van der Waals surface area (Å²) in [5, 5.41) is 3.36. The molecule has 2 aliphatic heterocycles. The largest absolute Gasteiger partial charge is 0.316 e. The van der Waals surface area contributed by atoms with Crippen molar-refractivity contribution in [3.8, 4) is 0 Å². The molecule has 2 aliphatic rings. The van der Waals surface area contributed by atoms with Gasteiger partial charge in [0.2, 0.25) is 0 Å². The molecule has 0 saturated carbocycles. The van der Waals surface area contributed by atoms with Gasteiger partial charge in [0.15, 0.2) is 17.5 Å². The van der Waals surface area contributed by atoms with Gasteiger partial charge >= 0.3 is 0 Å². The van der Waals surface area contributed by atoms with Crippen LogP contribution >= 0.6 is 0 Å². The average Bonchev–Trinajstić information content (AvgIpc) is 3.01. The molecule has 2 fully saturated rings. The molecular weight excluding hydrogens is 253 g/mol. The molecule has 3 rings (SSSR count). The van der Waals surface area contributed by atoms with Crippen molar-refractivity contribution < 1.29 is 13.2 Å². The summed E-state index contributed by atoms with van der Waals surface area (Å²) >= 11 is 0. The Morgan fingerprint density at radius 2 is 2.00 bits per heavy atom. The van der Waals surface area contributed by atoms with Crippen molar-refractivity contribution in [2.75, 3.05) is 26.2 Å². The van der Waals surface area contributed by atoms with Crippen LogP contribution in [0.2, 0.25) is 0 Å². The van der Waals surface area contributed by atoms with Gasteiger partial charge in [-0.3, -0.25) is 4.90 Å². The fourth-order valence-corrected chi connectivity index (χ4v) is 3.24. The Kier molecular flexibility index (Phi) is 3.27. The van der Waals surface area contributed by atoms with Gasteiger partial charge in [-0.05, 0) is 37.4 Å². The van der Waals surface area contributed by atoms with Crippen LogP contribution in [0, 0.1) is 22.9 Å². The van der Waals surface area contributed by atoms with E-state index >= 15 is 0 Å². The summed E-state index contributed by atoms with van der Waals surface area (Å²) in [5.41, 5.74) is 0.539. The molecular formula is C14H17F3N2. The number of rotatable bonds is 2. The van der Waals surface area contributed by atoms with Gasteiger partial charge in [0.25, 0.3) is 0 Å². The molecule has 1 atom stereocenters. The molecule has 0 aliphatic carbocycles. The molecule has 2 saturated heterocycles. The smallest absolute Gasteiger partial charge is 0.194 e. The highest BCUT2D eigenvalue weighted by atomic mass is 19.2. The summed E-state index contributed by atoms with van der Waals surface area (Å²) in [5.74, 6) is -3.54. The average molecular weight is 270 g/mol. The Balaban J connectivity index is 1.71. The van der Waals surface area contributed by atoms with Gasteiger partial charge in [0, 0.05) is 25.2 Å². The fraction of sp³-hybridized carbons (Fsp3) is 0.571. The summed E-state index contributed by atoms with van der Waals surface area (Å²) in [6, 6.07) is 2.34. The third-order valence-electron chi connectivity index (χ3n) is 4.36. The minimum Gasteiger partial charge on any atom is -0.316 e. The predicted molar refractivity (Wildman–Crippen MR) is 66.1 cm³/mol. The van der Waals surface area contributed by atoms with Crippen LogP contribution in [0.4, 0.5) is 13.2 Å². The fourth-order valence-electron chi connectivity index (χ4n) is 3.24. The second-order valence-electron chi connectivity index (χ2n) is 5.72. The maximum atomic E-state index is 13.6. The van der Waals surface area contributed by atoms with Gasteiger partial charge in [-0.25, -0.2) is 13.2 Å². The second-order valence-corrected chi connectivity index (χ2v) is 5.72. The van der Waals surface area contributed by atoms with E-state index in [4.69, 9.17) is 0 Å². The summed E-state index contributed by atoms with van der Waals surface area (Å²) in [6.45, 7) is 4.18. The van der Waals surface area contributed by atoms with E-state index < -0.39 is 17.5 Å². The van der Waals surface area contributed by atoms with Gasteiger partial charge in [0.1, 0.15) is 0 Å². The Morgan fingerprint density at radius 3 is 2.74 bits per heavy atom. The van der Waals surface area contributed by atoms with Crippen molar-refractivity contribution in [2.24, 2.45) is 5.41 Å². The van der Waals surface area contributed by atoms with Crippen molar-refractivity contribution in [2.45, 2.75) is 19.4 Å². The van der Waals surface area contributed by atoms with E-state index in [-0.39, 0.29) is 5.56 Å². The molecule has 1 spiro atoms. The lowest BCUT2D eigenvalue weighted by Crippen LogP contribution is -2.29. The number of halogens is 3. The first-order chi connectivity index (χ1) is 9.10. The Labute approximate surface area is 110 Å². The molecule has 19 heavy (non-hydrogen) atoms. The van der Waals surface area contributed by atoms with Crippen molar-refractivity contribution in [3.63, 3.8) is 0 Å². The Bertz CT molecular complexity index is 484. The van der Waals surface area contributed by atoms with Gasteiger partial charge in [-0.15, -0.1) is 0 Å². The Morgan fingerprint density at radius 1 is 1.16 bits per heavy atom. The van der Waals surface area contributed by atoms with Crippen molar-refractivity contribution in [1.82, 2.24) is 10.2 Å². The summed E-state index contributed by atoms with van der Waals surface area (Å²) in [4.78, 5) is 2.13. The van der Waals surface area contributed by atoms with Gasteiger partial charge in [-0.1, -0.05) is 6.07 Å². The van der Waals surface area contributed by atoms with E-state index in [0.717, 1.165) is 45.1 Å². The highest BCUT2D eigenvalue weighted by molar-refractivity contribution is 5.20. The minimum absolute atomic E-state index is 0.238. The highest BCUT2D eigenvalue weighted by Gasteiger charge is 2.40. The summed E-state index contributed by atoms with van der Waals surface area (Å²) in [7, 11) is 0. The predicted octanol–water partition coefficient (Wildman–Crippen LogP) is 2.29. The lowest BCUT2D eigenvalue weighted by molar-refractivity contribution is 0.264. The molecule has 2 heterocycles. The first kappa shape index (κ1) is 12.9. The normalized spacial score (nSPS) is 27.5. The van der Waals surface area contributed by atoms with Gasteiger partial charge < -0.3 is 5.32 Å². The number of hydrogen-bond acceptors (Lipinski definition) is 2. The van der Waals surface area contributed by atoms with Crippen LogP contribution in [-0.2, 0) is 6.54 Å². The highest BCUT2D eigenvalue weighted by Crippen LogP contribution is 2.36. The van der Waals surface area contributed by atoms with Gasteiger partial charge in [-0.2, -0.15) is 0 Å². The third-order valence-corrected chi connectivity index (χ3v) is 4.36. The van der Waals surface area contributed by atoms with E-state index in [1.54, 1.807) is 0 Å². The lowest BCUT2D eigenvalue weighted by Gasteiger charge is -2.23. The zero-order valence-corrected chi connectivity index (χ0v) is 10.7. The molecule has 0 bridgehead atoms.